The zero-order valence-corrected chi connectivity index (χ0v) is 36.9. The molecule has 2 saturated heterocycles. The Morgan fingerprint density at radius 1 is 0.984 bits per heavy atom. The van der Waals surface area contributed by atoms with E-state index in [2.05, 4.69) is 67.7 Å². The van der Waals surface area contributed by atoms with E-state index < -0.39 is 17.9 Å². The summed E-state index contributed by atoms with van der Waals surface area (Å²) in [6.07, 6.45) is 7.54. The van der Waals surface area contributed by atoms with Crippen LogP contribution in [0.15, 0.2) is 89.0 Å². The van der Waals surface area contributed by atoms with Crippen LogP contribution in [0.4, 0.5) is 22.9 Å². The first-order chi connectivity index (χ1) is 30.7. The lowest BCUT2D eigenvalue weighted by molar-refractivity contribution is -0.117. The highest BCUT2D eigenvalue weighted by Gasteiger charge is 2.43. The molecule has 2 atom stereocenters. The number of hydrogen-bond donors (Lipinski definition) is 4. The van der Waals surface area contributed by atoms with E-state index >= 15 is 0 Å². The van der Waals surface area contributed by atoms with Gasteiger partial charge in [-0.05, 0) is 102 Å². The zero-order valence-electron chi connectivity index (χ0n) is 36.9. The van der Waals surface area contributed by atoms with E-state index in [-0.39, 0.29) is 30.9 Å². The van der Waals surface area contributed by atoms with Crippen molar-refractivity contribution in [3.05, 3.63) is 101 Å². The van der Waals surface area contributed by atoms with Crippen molar-refractivity contribution in [3.63, 3.8) is 0 Å². The Kier molecular flexibility index (Phi) is 17.6. The van der Waals surface area contributed by atoms with Crippen molar-refractivity contribution >= 4 is 65.7 Å². The number of amides is 3. The minimum Gasteiger partial charge on any atom is -0.368 e. The third kappa shape index (κ3) is 11.0. The molecule has 4 heterocycles. The first-order valence-electron chi connectivity index (χ1n) is 21.5. The van der Waals surface area contributed by atoms with Crippen molar-refractivity contribution in [2.24, 2.45) is 15.7 Å². The molecule has 16 heteroatoms. The van der Waals surface area contributed by atoms with Crippen molar-refractivity contribution in [2.75, 3.05) is 82.1 Å². The minimum atomic E-state index is -0.972. The molecule has 16 nitrogen and oxygen atoms in total. The second-order valence-electron chi connectivity index (χ2n) is 15.4. The van der Waals surface area contributed by atoms with Gasteiger partial charge in [-0.1, -0.05) is 25.1 Å². The van der Waals surface area contributed by atoms with Crippen LogP contribution in [0.2, 0.25) is 0 Å². The van der Waals surface area contributed by atoms with E-state index in [9.17, 15) is 24.0 Å². The van der Waals surface area contributed by atoms with Gasteiger partial charge in [-0.2, -0.15) is 0 Å². The van der Waals surface area contributed by atoms with Gasteiger partial charge in [0.25, 0.3) is 17.7 Å². The Morgan fingerprint density at radius 2 is 1.70 bits per heavy atom. The van der Waals surface area contributed by atoms with Crippen LogP contribution in [0.3, 0.4) is 0 Å². The average Bonchev–Trinajstić information content (AvgIpc) is 3.82. The lowest BCUT2D eigenvalue weighted by Crippen LogP contribution is -2.63. The molecule has 3 aromatic rings. The van der Waals surface area contributed by atoms with Crippen LogP contribution < -0.4 is 31.5 Å². The SMILES string of the molecule is C=CCNC(=O)/C(=C/N=C)C(=Nc1ccc2c(n1)C(CC)CC2)Nc1ccc(N2CC(N3CCN(c4cccc5c4C(=O)N(C(C=O)CCC=O)C5=O)CC3)C2)cc1.CN.CNC. The summed E-state index contributed by atoms with van der Waals surface area (Å²) >= 11 is 0. The fourth-order valence-corrected chi connectivity index (χ4v) is 8.30. The number of piperazine rings is 1. The number of amidine groups is 1. The van der Waals surface area contributed by atoms with Crippen molar-refractivity contribution in [1.82, 2.24) is 25.4 Å². The molecule has 2 unspecified atom stereocenters. The predicted molar refractivity (Wildman–Crippen MR) is 251 cm³/mol. The lowest BCUT2D eigenvalue weighted by Gasteiger charge is -2.49. The smallest absolute Gasteiger partial charge is 0.264 e. The highest BCUT2D eigenvalue weighted by atomic mass is 16.2. The lowest BCUT2D eigenvalue weighted by atomic mass is 10.0. The molecule has 0 bridgehead atoms. The molecule has 334 valence electrons. The van der Waals surface area contributed by atoms with Crippen LogP contribution in [-0.4, -0.2) is 137 Å². The van der Waals surface area contributed by atoms with E-state index in [0.717, 1.165) is 67.4 Å². The van der Waals surface area contributed by atoms with Crippen LogP contribution >= 0.6 is 0 Å². The fraction of sp³-hybridized carbons (Fsp3) is 0.404. The van der Waals surface area contributed by atoms with Gasteiger partial charge in [0.1, 0.15) is 24.0 Å². The molecule has 3 amide bonds. The summed E-state index contributed by atoms with van der Waals surface area (Å²) in [5.74, 6) is -0.138. The summed E-state index contributed by atoms with van der Waals surface area (Å²) in [6, 6.07) is 16.6. The standard InChI is InChI=1S/C44H49N9O5.C2H7N.CH5N/c1-4-19-46-42(56)36(25-45-3)41(49-38-18-13-30-12-11-29(5-2)40(30)48-38)47-31-14-16-32(17-15-31)52-26-34(27-52)50-20-22-51(23-21-50)37-10-6-9-35-39(37)44(58)53(43(35)57)33(28-55)8-7-24-54;1-3-2;1-2/h4,6,9-10,13-18,24-25,28-29,33-34H,1,3,5,7-8,11-12,19-23,26-27H2,2H3,(H,46,56)(H,47,48,49);3H,1-2H3;2H2,1H3/b36-25+;;. The number of aryl methyl sites for hydroxylation is 1. The Labute approximate surface area is 370 Å². The number of imide groups is 1. The first kappa shape index (κ1) is 47.7. The molecule has 0 saturated carbocycles. The number of aldehydes is 2. The monoisotopic (exact) mass is 859 g/mol. The molecular weight excluding hydrogens is 799 g/mol. The minimum absolute atomic E-state index is 0.0855. The molecule has 3 aliphatic heterocycles. The van der Waals surface area contributed by atoms with E-state index in [1.54, 1.807) is 18.2 Å². The summed E-state index contributed by atoms with van der Waals surface area (Å²) in [7, 11) is 5.25. The molecule has 7 rings (SSSR count). The predicted octanol–water partition coefficient (Wildman–Crippen LogP) is 4.11. The maximum absolute atomic E-state index is 13.5. The number of aromatic nitrogens is 1. The molecule has 2 fully saturated rings. The van der Waals surface area contributed by atoms with Gasteiger partial charge in [0.2, 0.25) is 0 Å². The van der Waals surface area contributed by atoms with Gasteiger partial charge >= 0.3 is 0 Å². The molecule has 4 aliphatic rings. The Hall–Kier alpha value is -6.36. The largest absolute Gasteiger partial charge is 0.368 e. The number of nitrogens with one attached hydrogen (secondary N) is 3. The number of rotatable bonds is 16. The van der Waals surface area contributed by atoms with Gasteiger partial charge in [-0.3, -0.25) is 29.2 Å². The molecule has 1 aliphatic carbocycles. The summed E-state index contributed by atoms with van der Waals surface area (Å²) in [4.78, 5) is 84.3. The second kappa shape index (κ2) is 23.2. The van der Waals surface area contributed by atoms with Gasteiger partial charge in [-0.15, -0.1) is 6.58 Å². The van der Waals surface area contributed by atoms with Gasteiger partial charge in [0, 0.05) is 87.5 Å². The van der Waals surface area contributed by atoms with E-state index in [1.165, 1.54) is 18.8 Å². The molecule has 5 N–H and O–H groups in total. The van der Waals surface area contributed by atoms with Crippen LogP contribution in [0.5, 0.6) is 0 Å². The number of fused-ring (bicyclic) bond motifs is 2. The van der Waals surface area contributed by atoms with Crippen molar-refractivity contribution in [2.45, 2.75) is 57.0 Å². The van der Waals surface area contributed by atoms with Gasteiger partial charge < -0.3 is 41.1 Å². The number of carbonyl (C=O) groups is 5. The molecule has 1 aromatic heterocycles. The zero-order chi connectivity index (χ0) is 45.5. The van der Waals surface area contributed by atoms with Crippen LogP contribution in [0.1, 0.15) is 70.5 Å². The number of carbonyl (C=O) groups excluding carboxylic acids is 5. The number of aliphatic imine (C=N–C) groups is 2. The highest BCUT2D eigenvalue weighted by molar-refractivity contribution is 6.26. The third-order valence-electron chi connectivity index (χ3n) is 11.5. The van der Waals surface area contributed by atoms with E-state index in [1.807, 2.05) is 50.5 Å². The molecule has 0 radical (unpaired) electrons. The van der Waals surface area contributed by atoms with Crippen molar-refractivity contribution < 1.29 is 24.0 Å². The Morgan fingerprint density at radius 3 is 2.33 bits per heavy atom. The van der Waals surface area contributed by atoms with Gasteiger partial charge in [0.15, 0.2) is 5.82 Å². The van der Waals surface area contributed by atoms with Crippen LogP contribution in [0, 0.1) is 0 Å². The number of anilines is 3. The summed E-state index contributed by atoms with van der Waals surface area (Å²) in [5, 5.41) is 8.92. The van der Waals surface area contributed by atoms with E-state index in [4.69, 9.17) is 9.98 Å². The van der Waals surface area contributed by atoms with Gasteiger partial charge in [-0.25, -0.2) is 9.98 Å². The summed E-state index contributed by atoms with van der Waals surface area (Å²) in [6.45, 7) is 14.4. The first-order valence-corrected chi connectivity index (χ1v) is 21.5. The average molecular weight is 860 g/mol. The molecule has 2 aromatic carbocycles. The van der Waals surface area contributed by atoms with E-state index in [0.29, 0.717) is 66.1 Å². The molecule has 0 spiro atoms. The fourth-order valence-electron chi connectivity index (χ4n) is 8.30. The third-order valence-corrected chi connectivity index (χ3v) is 11.5. The van der Waals surface area contributed by atoms with Crippen LogP contribution in [-0.2, 0) is 20.8 Å². The van der Waals surface area contributed by atoms with Crippen LogP contribution in [0.25, 0.3) is 0 Å². The molecule has 63 heavy (non-hydrogen) atoms. The Balaban J connectivity index is 0.00000143. The normalized spacial score (nSPS) is 17.9. The number of nitrogens with zero attached hydrogens (tertiary/aromatic N) is 7. The maximum Gasteiger partial charge on any atom is 0.264 e. The summed E-state index contributed by atoms with van der Waals surface area (Å²) < 4.78 is 0. The van der Waals surface area contributed by atoms with Gasteiger partial charge in [0.05, 0.1) is 22.9 Å². The Bertz CT molecular complexity index is 2180. The second-order valence-corrected chi connectivity index (χ2v) is 15.4. The number of benzene rings is 2. The van der Waals surface area contributed by atoms with Crippen molar-refractivity contribution in [1.29, 1.82) is 0 Å². The number of nitrogens with two attached hydrogens (primary N) is 1. The highest BCUT2D eigenvalue weighted by Crippen LogP contribution is 2.36. The topological polar surface area (TPSA) is 198 Å². The number of pyridine rings is 1. The maximum atomic E-state index is 13.5. The molecular formula is C47H61N11O5. The summed E-state index contributed by atoms with van der Waals surface area (Å²) in [5.41, 5.74) is 10.2. The quantitative estimate of drug-likeness (QED) is 0.0402. The van der Waals surface area contributed by atoms with Crippen molar-refractivity contribution in [3.8, 4) is 0 Å². The number of hydrogen-bond acceptors (Lipinski definition) is 13.